The number of esters is 1. The fourth-order valence-corrected chi connectivity index (χ4v) is 4.22. The van der Waals surface area contributed by atoms with E-state index in [1.165, 1.54) is 18.0 Å². The van der Waals surface area contributed by atoms with Gasteiger partial charge in [-0.3, -0.25) is 9.69 Å². The topological polar surface area (TPSA) is 98.4 Å². The molecule has 0 aliphatic carbocycles. The van der Waals surface area contributed by atoms with Gasteiger partial charge >= 0.3 is 5.97 Å². The van der Waals surface area contributed by atoms with Crippen LogP contribution in [-0.4, -0.2) is 34.2 Å². The molecule has 0 bridgehead atoms. The first kappa shape index (κ1) is 20.9. The second kappa shape index (κ2) is 9.18. The van der Waals surface area contributed by atoms with Crippen LogP contribution in [0.1, 0.15) is 28.4 Å². The normalized spacial score (nSPS) is 12.5. The van der Waals surface area contributed by atoms with Gasteiger partial charge in [-0.2, -0.15) is 0 Å². The number of anilines is 3. The molecule has 0 saturated carbocycles. The number of benzene rings is 2. The van der Waals surface area contributed by atoms with E-state index in [9.17, 15) is 9.59 Å². The molecule has 2 aromatic carbocycles. The minimum atomic E-state index is -0.564. The van der Waals surface area contributed by atoms with Crippen molar-refractivity contribution in [2.75, 3.05) is 23.0 Å². The largest absolute Gasteiger partial charge is 0.462 e. The molecule has 0 spiro atoms. The molecular weight excluding hydrogens is 412 g/mol. The Hall–Kier alpha value is -3.39. The summed E-state index contributed by atoms with van der Waals surface area (Å²) < 4.78 is 4.94. The van der Waals surface area contributed by atoms with Gasteiger partial charge in [-0.05, 0) is 43.0 Å². The fraction of sp³-hybridized carbons (Fsp3) is 0.217. The van der Waals surface area contributed by atoms with Crippen molar-refractivity contribution in [2.24, 2.45) is 0 Å². The van der Waals surface area contributed by atoms with E-state index in [2.05, 4.69) is 22.1 Å². The number of nitrogen functional groups attached to an aromatic ring is 1. The number of hydrogen-bond acceptors (Lipinski definition) is 7. The molecule has 7 nitrogen and oxygen atoms in total. The Kier molecular flexibility index (Phi) is 6.18. The van der Waals surface area contributed by atoms with Crippen LogP contribution in [0.4, 0.5) is 17.2 Å². The van der Waals surface area contributed by atoms with Crippen LogP contribution >= 0.6 is 11.8 Å². The molecule has 8 heteroatoms. The number of para-hydroxylation sites is 2. The molecule has 1 aromatic heterocycles. The van der Waals surface area contributed by atoms with Gasteiger partial charge in [0.25, 0.3) is 0 Å². The van der Waals surface area contributed by atoms with Crippen molar-refractivity contribution in [1.82, 2.24) is 9.97 Å². The zero-order valence-corrected chi connectivity index (χ0v) is 17.9. The molecule has 1 amide bonds. The summed E-state index contributed by atoms with van der Waals surface area (Å²) in [6.07, 6.45) is 3.09. The Morgan fingerprint density at radius 2 is 1.68 bits per heavy atom. The summed E-state index contributed by atoms with van der Waals surface area (Å²) in [4.78, 5) is 35.3. The summed E-state index contributed by atoms with van der Waals surface area (Å²) >= 11 is 1.18. The molecule has 1 aliphatic heterocycles. The van der Waals surface area contributed by atoms with E-state index in [0.29, 0.717) is 5.16 Å². The number of fused-ring (bicyclic) bond motifs is 2. The van der Waals surface area contributed by atoms with Crippen LogP contribution < -0.4 is 10.6 Å². The summed E-state index contributed by atoms with van der Waals surface area (Å²) in [6.45, 7) is 1.95. The molecule has 0 atom stereocenters. The lowest BCUT2D eigenvalue weighted by molar-refractivity contribution is -0.115. The van der Waals surface area contributed by atoms with E-state index >= 15 is 0 Å². The number of nitrogens with zero attached hydrogens (tertiary/aromatic N) is 3. The summed E-state index contributed by atoms with van der Waals surface area (Å²) in [7, 11) is 0. The van der Waals surface area contributed by atoms with Crippen molar-refractivity contribution >= 4 is 40.8 Å². The maximum atomic E-state index is 13.3. The summed E-state index contributed by atoms with van der Waals surface area (Å²) in [5, 5.41) is 0.329. The standard InChI is InChI=1S/C23H22N4O3S/c1-2-30-22(29)17-13-25-23(26-21(17)24)31-14-20(28)27-18-9-5-3-7-15(18)11-12-16-8-4-6-10-19(16)27/h3-10,13H,2,11-12,14H2,1H3,(H2,24,25,26). The second-order valence-corrected chi connectivity index (χ2v) is 7.89. The van der Waals surface area contributed by atoms with Crippen LogP contribution in [0.15, 0.2) is 59.9 Å². The lowest BCUT2D eigenvalue weighted by Gasteiger charge is -2.24. The number of carbonyl (C=O) groups is 2. The van der Waals surface area contributed by atoms with Crippen LogP contribution in [0.2, 0.25) is 0 Å². The van der Waals surface area contributed by atoms with E-state index in [-0.39, 0.29) is 29.6 Å². The van der Waals surface area contributed by atoms with Crippen LogP contribution in [-0.2, 0) is 22.4 Å². The molecule has 3 aromatic rings. The van der Waals surface area contributed by atoms with Gasteiger partial charge in [-0.1, -0.05) is 48.2 Å². The van der Waals surface area contributed by atoms with Gasteiger partial charge < -0.3 is 10.5 Å². The summed E-state index contributed by atoms with van der Waals surface area (Å²) in [6, 6.07) is 15.9. The second-order valence-electron chi connectivity index (χ2n) is 6.95. The van der Waals surface area contributed by atoms with Crippen LogP contribution in [0.25, 0.3) is 0 Å². The first-order chi connectivity index (χ1) is 15.1. The van der Waals surface area contributed by atoms with Gasteiger partial charge in [0.05, 0.1) is 23.7 Å². The number of hydrogen-bond donors (Lipinski definition) is 1. The van der Waals surface area contributed by atoms with E-state index in [4.69, 9.17) is 10.5 Å². The summed E-state index contributed by atoms with van der Waals surface area (Å²) in [5.41, 5.74) is 10.1. The van der Waals surface area contributed by atoms with Crippen molar-refractivity contribution in [3.05, 3.63) is 71.4 Å². The van der Waals surface area contributed by atoms with Crippen LogP contribution in [0, 0.1) is 0 Å². The van der Waals surface area contributed by atoms with Gasteiger partial charge in [0.1, 0.15) is 11.4 Å². The number of ether oxygens (including phenoxy) is 1. The predicted octanol–water partition coefficient (Wildman–Crippen LogP) is 3.79. The SMILES string of the molecule is CCOC(=O)c1cnc(SCC(=O)N2c3ccccc3CCc3ccccc32)nc1N. The number of carbonyl (C=O) groups excluding carboxylic acids is 2. The highest BCUT2D eigenvalue weighted by molar-refractivity contribution is 7.99. The molecule has 1 aliphatic rings. The quantitative estimate of drug-likeness (QED) is 0.371. The Morgan fingerprint density at radius 1 is 1.06 bits per heavy atom. The highest BCUT2D eigenvalue weighted by Crippen LogP contribution is 2.36. The van der Waals surface area contributed by atoms with Crippen molar-refractivity contribution in [1.29, 1.82) is 0 Å². The zero-order chi connectivity index (χ0) is 21.8. The molecule has 0 unspecified atom stereocenters. The number of rotatable bonds is 5. The Balaban J connectivity index is 1.57. The number of nitrogens with two attached hydrogens (primary N) is 1. The number of aromatic nitrogens is 2. The van der Waals surface area contributed by atoms with Gasteiger partial charge in [0.2, 0.25) is 5.91 Å². The average Bonchev–Trinajstić information content (AvgIpc) is 2.94. The van der Waals surface area contributed by atoms with Crippen molar-refractivity contribution < 1.29 is 14.3 Å². The van der Waals surface area contributed by atoms with Crippen molar-refractivity contribution in [3.8, 4) is 0 Å². The molecule has 2 heterocycles. The highest BCUT2D eigenvalue weighted by Gasteiger charge is 2.26. The smallest absolute Gasteiger partial charge is 0.343 e. The van der Waals surface area contributed by atoms with Crippen LogP contribution in [0.5, 0.6) is 0 Å². The van der Waals surface area contributed by atoms with E-state index in [1.54, 1.807) is 11.8 Å². The molecule has 0 radical (unpaired) electrons. The zero-order valence-electron chi connectivity index (χ0n) is 17.1. The van der Waals surface area contributed by atoms with Gasteiger partial charge in [-0.15, -0.1) is 0 Å². The monoisotopic (exact) mass is 434 g/mol. The van der Waals surface area contributed by atoms with E-state index < -0.39 is 5.97 Å². The number of thioether (sulfide) groups is 1. The summed E-state index contributed by atoms with van der Waals surface area (Å²) in [5.74, 6) is -0.483. The Labute approximate surface area is 184 Å². The predicted molar refractivity (Wildman–Crippen MR) is 121 cm³/mol. The van der Waals surface area contributed by atoms with Crippen molar-refractivity contribution in [3.63, 3.8) is 0 Å². The molecule has 2 N–H and O–H groups in total. The minimum absolute atomic E-state index is 0.0360. The first-order valence-electron chi connectivity index (χ1n) is 9.99. The van der Waals surface area contributed by atoms with Gasteiger partial charge in [0.15, 0.2) is 5.16 Å². The highest BCUT2D eigenvalue weighted by atomic mass is 32.2. The first-order valence-corrected chi connectivity index (χ1v) is 11.0. The third kappa shape index (κ3) is 4.39. The lowest BCUT2D eigenvalue weighted by atomic mass is 10.0. The Bertz CT molecular complexity index is 1090. The molecule has 0 fully saturated rings. The third-order valence-electron chi connectivity index (χ3n) is 4.99. The molecule has 0 saturated heterocycles. The van der Waals surface area contributed by atoms with Crippen molar-refractivity contribution in [2.45, 2.75) is 24.9 Å². The number of amides is 1. The lowest BCUT2D eigenvalue weighted by Crippen LogP contribution is -2.28. The minimum Gasteiger partial charge on any atom is -0.462 e. The van der Waals surface area contributed by atoms with E-state index in [1.807, 2.05) is 36.4 Å². The molecule has 158 valence electrons. The van der Waals surface area contributed by atoms with Gasteiger partial charge in [-0.25, -0.2) is 14.8 Å². The van der Waals surface area contributed by atoms with Gasteiger partial charge in [0, 0.05) is 6.20 Å². The maximum absolute atomic E-state index is 13.3. The molecule has 31 heavy (non-hydrogen) atoms. The van der Waals surface area contributed by atoms with E-state index in [0.717, 1.165) is 35.3 Å². The maximum Gasteiger partial charge on any atom is 0.343 e. The van der Waals surface area contributed by atoms with Crippen LogP contribution in [0.3, 0.4) is 0 Å². The molecule has 4 rings (SSSR count). The third-order valence-corrected chi connectivity index (χ3v) is 5.84. The Morgan fingerprint density at radius 3 is 2.26 bits per heavy atom. The number of aryl methyl sites for hydroxylation is 2. The fourth-order valence-electron chi connectivity index (χ4n) is 3.55. The average molecular weight is 435 g/mol. The molecular formula is C23H22N4O3S.